The van der Waals surface area contributed by atoms with Crippen molar-refractivity contribution in [3.63, 3.8) is 0 Å². The van der Waals surface area contributed by atoms with E-state index in [1.807, 2.05) is 61.6 Å². The molecular formula is C19H20ClN3OS. The summed E-state index contributed by atoms with van der Waals surface area (Å²) in [4.78, 5) is 18.4. The van der Waals surface area contributed by atoms with E-state index in [0.717, 1.165) is 34.2 Å². The van der Waals surface area contributed by atoms with Gasteiger partial charge in [-0.25, -0.2) is 4.98 Å². The highest BCUT2D eigenvalue weighted by Gasteiger charge is 2.14. The lowest BCUT2D eigenvalue weighted by Crippen LogP contribution is -2.22. The zero-order valence-corrected chi connectivity index (χ0v) is 15.7. The summed E-state index contributed by atoms with van der Waals surface area (Å²) in [6, 6.07) is 17.6. The van der Waals surface area contributed by atoms with E-state index in [0.29, 0.717) is 0 Å². The van der Waals surface area contributed by atoms with Crippen molar-refractivity contribution < 1.29 is 4.79 Å². The highest BCUT2D eigenvalue weighted by molar-refractivity contribution is 7.09. The lowest BCUT2D eigenvalue weighted by atomic mass is 10.1. The van der Waals surface area contributed by atoms with Gasteiger partial charge >= 0.3 is 0 Å². The first-order valence-electron chi connectivity index (χ1n) is 7.74. The monoisotopic (exact) mass is 373 g/mol. The van der Waals surface area contributed by atoms with Crippen LogP contribution in [0.2, 0.25) is 0 Å². The maximum atomic E-state index is 12.1. The minimum Gasteiger partial charge on any atom is -0.314 e. The lowest BCUT2D eigenvalue weighted by molar-refractivity contribution is -0.115. The van der Waals surface area contributed by atoms with Gasteiger partial charge in [-0.15, -0.1) is 23.7 Å². The molecule has 0 fully saturated rings. The number of hydrogen-bond donors (Lipinski definition) is 1. The average molecular weight is 374 g/mol. The quantitative estimate of drug-likeness (QED) is 0.708. The van der Waals surface area contributed by atoms with Crippen LogP contribution in [-0.4, -0.2) is 17.9 Å². The van der Waals surface area contributed by atoms with Crippen LogP contribution in [0.5, 0.6) is 0 Å². The predicted molar refractivity (Wildman–Crippen MR) is 107 cm³/mol. The Balaban J connectivity index is 0.00000225. The first kappa shape index (κ1) is 19.1. The van der Waals surface area contributed by atoms with Gasteiger partial charge in [0, 0.05) is 35.8 Å². The van der Waals surface area contributed by atoms with E-state index in [2.05, 4.69) is 15.7 Å². The Bertz CT molecular complexity index is 818. The van der Waals surface area contributed by atoms with Gasteiger partial charge < -0.3 is 5.32 Å². The van der Waals surface area contributed by atoms with Crippen molar-refractivity contribution in [2.45, 2.75) is 13.5 Å². The van der Waals surface area contributed by atoms with Gasteiger partial charge in [0.1, 0.15) is 5.01 Å². The zero-order valence-electron chi connectivity index (χ0n) is 14.1. The molecular weight excluding hydrogens is 354 g/mol. The van der Waals surface area contributed by atoms with E-state index in [1.165, 1.54) is 0 Å². The Morgan fingerprint density at radius 2 is 1.72 bits per heavy atom. The van der Waals surface area contributed by atoms with E-state index >= 15 is 0 Å². The Morgan fingerprint density at radius 1 is 1.08 bits per heavy atom. The van der Waals surface area contributed by atoms with Crippen molar-refractivity contribution in [3.05, 3.63) is 65.0 Å². The van der Waals surface area contributed by atoms with Crippen LogP contribution in [0.3, 0.4) is 0 Å². The van der Waals surface area contributed by atoms with Gasteiger partial charge in [-0.05, 0) is 31.3 Å². The number of halogens is 1. The minimum absolute atomic E-state index is 0. The summed E-state index contributed by atoms with van der Waals surface area (Å²) in [5.74, 6) is -0.0149. The van der Waals surface area contributed by atoms with Crippen molar-refractivity contribution in [1.29, 1.82) is 0 Å². The molecule has 3 rings (SSSR count). The minimum atomic E-state index is -0.0149. The number of aromatic nitrogens is 1. The second-order valence-electron chi connectivity index (χ2n) is 5.39. The summed E-state index contributed by atoms with van der Waals surface area (Å²) < 4.78 is 0. The molecule has 0 bridgehead atoms. The predicted octanol–water partition coefficient (Wildman–Crippen LogP) is 4.64. The smallest absolute Gasteiger partial charge is 0.228 e. The lowest BCUT2D eigenvalue weighted by Gasteiger charge is -2.21. The summed E-state index contributed by atoms with van der Waals surface area (Å²) in [5, 5.41) is 6.23. The van der Waals surface area contributed by atoms with Gasteiger partial charge in [-0.1, -0.05) is 30.3 Å². The number of para-hydroxylation sites is 1. The summed E-state index contributed by atoms with van der Waals surface area (Å²) in [5.41, 5.74) is 3.73. The molecule has 0 unspecified atom stereocenters. The number of carbonyl (C=O) groups excluding carboxylic acids is 1. The average Bonchev–Trinajstić information content (AvgIpc) is 3.05. The fraction of sp³-hybridized carbons (Fsp3) is 0.158. The molecule has 0 saturated carbocycles. The molecule has 0 aliphatic carbocycles. The number of rotatable bonds is 5. The summed E-state index contributed by atoms with van der Waals surface area (Å²) >= 11 is 1.64. The first-order chi connectivity index (χ1) is 11.7. The third-order valence-corrected chi connectivity index (χ3v) is 4.48. The molecule has 0 aliphatic heterocycles. The van der Waals surface area contributed by atoms with E-state index < -0.39 is 0 Å². The highest BCUT2D eigenvalue weighted by atomic mass is 35.5. The second-order valence-corrected chi connectivity index (χ2v) is 6.34. The van der Waals surface area contributed by atoms with Crippen LogP contribution in [0, 0.1) is 0 Å². The molecule has 0 aliphatic rings. The van der Waals surface area contributed by atoms with Gasteiger partial charge in [0.05, 0.1) is 5.69 Å². The van der Waals surface area contributed by atoms with Crippen LogP contribution in [0.25, 0.3) is 11.3 Å². The number of hydrogen-bond acceptors (Lipinski definition) is 4. The molecule has 0 atom stereocenters. The molecule has 1 heterocycles. The summed E-state index contributed by atoms with van der Waals surface area (Å²) in [6.07, 6.45) is 0. The van der Waals surface area contributed by atoms with Crippen LogP contribution in [0.15, 0.2) is 60.0 Å². The Kier molecular flexibility index (Phi) is 6.70. The number of nitrogens with zero attached hydrogens (tertiary/aromatic N) is 2. The fourth-order valence-corrected chi connectivity index (χ4v) is 3.36. The summed E-state index contributed by atoms with van der Waals surface area (Å²) in [6.45, 7) is 2.35. The molecule has 6 heteroatoms. The molecule has 0 radical (unpaired) electrons. The number of anilines is 2. The number of benzene rings is 2. The molecule has 1 amide bonds. The summed E-state index contributed by atoms with van der Waals surface area (Å²) in [7, 11) is 1.91. The zero-order chi connectivity index (χ0) is 16.9. The third kappa shape index (κ3) is 4.45. The van der Waals surface area contributed by atoms with Gasteiger partial charge in [0.2, 0.25) is 5.91 Å². The van der Waals surface area contributed by atoms with Crippen LogP contribution in [0.4, 0.5) is 11.4 Å². The van der Waals surface area contributed by atoms with Crippen LogP contribution in [0.1, 0.15) is 11.9 Å². The molecule has 1 aromatic heterocycles. The number of nitrogens with one attached hydrogen (secondary N) is 1. The van der Waals surface area contributed by atoms with E-state index in [1.54, 1.807) is 23.2 Å². The van der Waals surface area contributed by atoms with E-state index in [-0.39, 0.29) is 18.3 Å². The van der Waals surface area contributed by atoms with Crippen molar-refractivity contribution in [2.24, 2.45) is 0 Å². The van der Waals surface area contributed by atoms with Gasteiger partial charge in [-0.3, -0.25) is 9.69 Å². The van der Waals surface area contributed by atoms with E-state index in [9.17, 15) is 4.79 Å². The molecule has 4 nitrogen and oxygen atoms in total. The second kappa shape index (κ2) is 8.76. The SMILES string of the molecule is CNCc1nc(-c2ccc(N(C(C)=O)c3ccccc3)cc2)cs1.Cl. The molecule has 0 saturated heterocycles. The van der Waals surface area contributed by atoms with Crippen molar-refractivity contribution in [1.82, 2.24) is 10.3 Å². The molecule has 2 aromatic carbocycles. The van der Waals surface area contributed by atoms with Gasteiger partial charge in [0.15, 0.2) is 0 Å². The number of carbonyl (C=O) groups is 1. The highest BCUT2D eigenvalue weighted by Crippen LogP contribution is 2.29. The van der Waals surface area contributed by atoms with Crippen molar-refractivity contribution >= 4 is 41.0 Å². The van der Waals surface area contributed by atoms with Crippen molar-refractivity contribution in [3.8, 4) is 11.3 Å². The first-order valence-corrected chi connectivity index (χ1v) is 8.62. The maximum absolute atomic E-state index is 12.1. The van der Waals surface area contributed by atoms with Crippen LogP contribution in [-0.2, 0) is 11.3 Å². The van der Waals surface area contributed by atoms with Crippen LogP contribution < -0.4 is 10.2 Å². The van der Waals surface area contributed by atoms with Crippen LogP contribution >= 0.6 is 23.7 Å². The molecule has 130 valence electrons. The number of amides is 1. The van der Waals surface area contributed by atoms with Crippen molar-refractivity contribution in [2.75, 3.05) is 11.9 Å². The topological polar surface area (TPSA) is 45.2 Å². The Labute approximate surface area is 157 Å². The fourth-order valence-electron chi connectivity index (χ4n) is 2.55. The molecule has 3 aromatic rings. The van der Waals surface area contributed by atoms with Gasteiger partial charge in [0.25, 0.3) is 0 Å². The Morgan fingerprint density at radius 3 is 2.32 bits per heavy atom. The maximum Gasteiger partial charge on any atom is 0.228 e. The third-order valence-electron chi connectivity index (χ3n) is 3.63. The normalized spacial score (nSPS) is 10.2. The Hall–Kier alpha value is -2.21. The largest absolute Gasteiger partial charge is 0.314 e. The molecule has 1 N–H and O–H groups in total. The molecule has 0 spiro atoms. The standard InChI is InChI=1S/C19H19N3OS.ClH/c1-14(23)22(16-6-4-3-5-7-16)17-10-8-15(9-11-17)18-13-24-19(21-18)12-20-2;/h3-11,13,20H,12H2,1-2H3;1H. The number of thiazole rings is 1. The van der Waals surface area contributed by atoms with Gasteiger partial charge in [-0.2, -0.15) is 0 Å². The van der Waals surface area contributed by atoms with E-state index in [4.69, 9.17) is 0 Å². The molecule has 25 heavy (non-hydrogen) atoms.